The van der Waals surface area contributed by atoms with E-state index >= 15 is 0 Å². The summed E-state index contributed by atoms with van der Waals surface area (Å²) in [5, 5.41) is 30.0. The monoisotopic (exact) mass is 316 g/mol. The van der Waals surface area contributed by atoms with Crippen LogP contribution < -0.4 is 0 Å². The zero-order chi connectivity index (χ0) is 13.0. The van der Waals surface area contributed by atoms with Crippen LogP contribution in [0.2, 0.25) is 0 Å². The quantitative estimate of drug-likeness (QED) is 0.596. The van der Waals surface area contributed by atoms with Crippen molar-refractivity contribution in [2.24, 2.45) is 0 Å². The van der Waals surface area contributed by atoms with Gasteiger partial charge in [-0.05, 0) is 21.5 Å². The minimum absolute atomic E-state index is 0.108. The van der Waals surface area contributed by atoms with Gasteiger partial charge in [0.1, 0.15) is 12.2 Å². The molecule has 0 bridgehead atoms. The van der Waals surface area contributed by atoms with Gasteiger partial charge in [-0.2, -0.15) is 0 Å². The highest BCUT2D eigenvalue weighted by molar-refractivity contribution is 9.10. The third kappa shape index (κ3) is 1.44. The molecule has 1 fully saturated rings. The Balaban J connectivity index is 2.12. The molecule has 0 aliphatic carbocycles. The number of hydrogen-bond acceptors (Lipinski definition) is 5. The molecule has 6 heteroatoms. The van der Waals surface area contributed by atoms with E-state index in [1.54, 1.807) is 12.1 Å². The topological polar surface area (TPSA) is 79.2 Å². The molecule has 18 heavy (non-hydrogen) atoms. The molecular formula is C12H13BrO5. The average molecular weight is 317 g/mol. The lowest BCUT2D eigenvalue weighted by Gasteiger charge is -2.48. The van der Waals surface area contributed by atoms with E-state index in [1.807, 2.05) is 12.1 Å². The zero-order valence-electron chi connectivity index (χ0n) is 9.41. The minimum atomic E-state index is -1.90. The Kier molecular flexibility index (Phi) is 2.78. The van der Waals surface area contributed by atoms with Crippen LogP contribution in [0.15, 0.2) is 24.3 Å². The first-order chi connectivity index (χ1) is 8.49. The van der Waals surface area contributed by atoms with Crippen molar-refractivity contribution in [2.75, 3.05) is 6.61 Å². The van der Waals surface area contributed by atoms with Gasteiger partial charge in [0, 0.05) is 5.56 Å². The summed E-state index contributed by atoms with van der Waals surface area (Å²) in [6, 6.07) is 7.31. The van der Waals surface area contributed by atoms with E-state index in [4.69, 9.17) is 9.47 Å². The number of benzene rings is 1. The largest absolute Gasteiger partial charge is 0.388 e. The lowest BCUT2D eigenvalue weighted by atomic mass is 9.90. The Hall–Kier alpha value is -0.500. The molecule has 2 heterocycles. The van der Waals surface area contributed by atoms with Crippen molar-refractivity contribution in [3.63, 3.8) is 0 Å². The highest BCUT2D eigenvalue weighted by atomic mass is 79.9. The minimum Gasteiger partial charge on any atom is -0.388 e. The predicted octanol–water partition coefficient (Wildman–Crippen LogP) is 0.205. The number of alkyl halides is 1. The second kappa shape index (κ2) is 4.00. The van der Waals surface area contributed by atoms with E-state index in [9.17, 15) is 15.3 Å². The van der Waals surface area contributed by atoms with E-state index in [0.29, 0.717) is 5.56 Å². The van der Waals surface area contributed by atoms with Gasteiger partial charge in [-0.1, -0.05) is 24.3 Å². The average Bonchev–Trinajstić information content (AvgIpc) is 2.74. The lowest BCUT2D eigenvalue weighted by Crippen LogP contribution is -2.65. The van der Waals surface area contributed by atoms with Gasteiger partial charge in [0.2, 0.25) is 10.3 Å². The Morgan fingerprint density at radius 1 is 1.22 bits per heavy atom. The second-order valence-electron chi connectivity index (χ2n) is 4.56. The summed E-state index contributed by atoms with van der Waals surface area (Å²) in [5.41, 5.74) is 1.55. The summed E-state index contributed by atoms with van der Waals surface area (Å²) in [6.45, 7) is 0.177. The maximum atomic E-state index is 10.5. The Morgan fingerprint density at radius 2 is 1.94 bits per heavy atom. The van der Waals surface area contributed by atoms with Crippen LogP contribution in [0.25, 0.3) is 0 Å². The van der Waals surface area contributed by atoms with Gasteiger partial charge in [-0.3, -0.25) is 0 Å². The molecule has 2 aliphatic heterocycles. The highest BCUT2D eigenvalue weighted by Crippen LogP contribution is 2.52. The van der Waals surface area contributed by atoms with Gasteiger partial charge in [0.05, 0.1) is 13.2 Å². The maximum Gasteiger partial charge on any atom is 0.238 e. The molecule has 0 aromatic heterocycles. The SMILES string of the molecule is OC1COC2(OCc3ccccc32)C(O)(Br)C1O. The van der Waals surface area contributed by atoms with Gasteiger partial charge in [0.25, 0.3) is 0 Å². The number of hydrogen-bond donors (Lipinski definition) is 3. The number of aliphatic hydroxyl groups is 3. The summed E-state index contributed by atoms with van der Waals surface area (Å²) < 4.78 is 9.22. The van der Waals surface area contributed by atoms with Crippen molar-refractivity contribution in [2.45, 2.75) is 29.1 Å². The summed E-state index contributed by atoms with van der Waals surface area (Å²) in [4.78, 5) is 0. The van der Waals surface area contributed by atoms with Crippen LogP contribution in [-0.2, 0) is 21.9 Å². The first-order valence-electron chi connectivity index (χ1n) is 5.63. The fourth-order valence-corrected chi connectivity index (χ4v) is 3.23. The molecule has 0 amide bonds. The molecule has 0 radical (unpaired) electrons. The Morgan fingerprint density at radius 3 is 2.72 bits per heavy atom. The summed E-state index contributed by atoms with van der Waals surface area (Å²) in [6.07, 6.45) is -2.58. The van der Waals surface area contributed by atoms with Crippen LogP contribution >= 0.6 is 15.9 Å². The molecule has 2 aliphatic rings. The highest BCUT2D eigenvalue weighted by Gasteiger charge is 2.64. The molecule has 1 spiro atoms. The summed E-state index contributed by atoms with van der Waals surface area (Å²) in [7, 11) is 0. The molecule has 1 aromatic carbocycles. The van der Waals surface area contributed by atoms with Gasteiger partial charge in [-0.15, -0.1) is 0 Å². The smallest absolute Gasteiger partial charge is 0.238 e. The molecule has 4 unspecified atom stereocenters. The predicted molar refractivity (Wildman–Crippen MR) is 64.8 cm³/mol. The first-order valence-corrected chi connectivity index (χ1v) is 6.42. The second-order valence-corrected chi connectivity index (χ2v) is 5.77. The number of aliphatic hydroxyl groups excluding tert-OH is 2. The van der Waals surface area contributed by atoms with Crippen LogP contribution in [0.3, 0.4) is 0 Å². The standard InChI is InChI=1S/C12H13BrO5/c13-11(16)10(15)9(14)6-18-12(11)8-4-2-1-3-7(8)5-17-12/h1-4,9-10,14-16H,5-6H2. The fraction of sp³-hybridized carbons (Fsp3) is 0.500. The number of halogens is 1. The molecule has 1 aromatic rings. The zero-order valence-corrected chi connectivity index (χ0v) is 11.0. The van der Waals surface area contributed by atoms with Gasteiger partial charge < -0.3 is 24.8 Å². The summed E-state index contributed by atoms with van der Waals surface area (Å²) >= 11 is 3.05. The first kappa shape index (κ1) is 12.5. The van der Waals surface area contributed by atoms with E-state index in [2.05, 4.69) is 15.9 Å². The molecule has 98 valence electrons. The molecule has 3 N–H and O–H groups in total. The number of rotatable bonds is 0. The van der Waals surface area contributed by atoms with Gasteiger partial charge in [0.15, 0.2) is 0 Å². The van der Waals surface area contributed by atoms with Crippen LogP contribution in [0.5, 0.6) is 0 Å². The van der Waals surface area contributed by atoms with Crippen LogP contribution in [0, 0.1) is 0 Å². The third-order valence-corrected chi connectivity index (χ3v) is 4.47. The van der Waals surface area contributed by atoms with Crippen molar-refractivity contribution >= 4 is 15.9 Å². The Bertz CT molecular complexity index is 477. The molecule has 1 saturated heterocycles. The van der Waals surface area contributed by atoms with Crippen molar-refractivity contribution in [3.05, 3.63) is 35.4 Å². The van der Waals surface area contributed by atoms with Crippen LogP contribution in [0.4, 0.5) is 0 Å². The van der Waals surface area contributed by atoms with Gasteiger partial charge in [-0.25, -0.2) is 0 Å². The molecule has 0 saturated carbocycles. The number of fused-ring (bicyclic) bond motifs is 2. The molecule has 5 nitrogen and oxygen atoms in total. The molecule has 4 atom stereocenters. The maximum absolute atomic E-state index is 10.5. The number of ether oxygens (including phenoxy) is 2. The van der Waals surface area contributed by atoms with E-state index in [-0.39, 0.29) is 13.2 Å². The lowest BCUT2D eigenvalue weighted by molar-refractivity contribution is -0.353. The fourth-order valence-electron chi connectivity index (χ4n) is 2.48. The van der Waals surface area contributed by atoms with E-state index in [1.165, 1.54) is 0 Å². The molecular weight excluding hydrogens is 304 g/mol. The van der Waals surface area contributed by atoms with Crippen molar-refractivity contribution in [1.82, 2.24) is 0 Å². The van der Waals surface area contributed by atoms with E-state index < -0.39 is 22.5 Å². The van der Waals surface area contributed by atoms with E-state index in [0.717, 1.165) is 5.56 Å². The summed E-state index contributed by atoms with van der Waals surface area (Å²) in [5.74, 6) is -1.48. The Labute approximate surface area is 112 Å². The van der Waals surface area contributed by atoms with Crippen molar-refractivity contribution in [3.8, 4) is 0 Å². The third-order valence-electron chi connectivity index (χ3n) is 3.48. The van der Waals surface area contributed by atoms with Crippen LogP contribution in [0.1, 0.15) is 11.1 Å². The molecule has 3 rings (SSSR count). The van der Waals surface area contributed by atoms with Crippen LogP contribution in [-0.4, -0.2) is 38.6 Å². The van der Waals surface area contributed by atoms with Gasteiger partial charge >= 0.3 is 0 Å². The van der Waals surface area contributed by atoms with Crippen molar-refractivity contribution < 1.29 is 24.8 Å². The normalized spacial score (nSPS) is 43.1. The van der Waals surface area contributed by atoms with Crippen molar-refractivity contribution in [1.29, 1.82) is 0 Å².